The topological polar surface area (TPSA) is 83.9 Å². The van der Waals surface area contributed by atoms with Crippen LogP contribution in [0.5, 0.6) is 0 Å². The highest BCUT2D eigenvalue weighted by molar-refractivity contribution is 7.93. The molecule has 0 aromatic heterocycles. The summed E-state index contributed by atoms with van der Waals surface area (Å²) in [5.41, 5.74) is 4.88. The highest BCUT2D eigenvalue weighted by Gasteiger charge is 2.51. The predicted molar refractivity (Wildman–Crippen MR) is 47.5 cm³/mol. The molecule has 2 aliphatic rings. The molecule has 2 atom stereocenters. The third-order valence-electron chi connectivity index (χ3n) is 3.15. The SMILES string of the molecule is N#CC1(N)CC2CCC(C1)S2(=O)=O. The van der Waals surface area contributed by atoms with Crippen molar-refractivity contribution in [3.05, 3.63) is 0 Å². The van der Waals surface area contributed by atoms with Crippen LogP contribution in [-0.2, 0) is 9.84 Å². The van der Waals surface area contributed by atoms with Gasteiger partial charge in [0.05, 0.1) is 16.6 Å². The van der Waals surface area contributed by atoms with Crippen molar-refractivity contribution in [2.75, 3.05) is 0 Å². The number of nitriles is 1. The molecule has 0 aromatic carbocycles. The molecule has 2 bridgehead atoms. The summed E-state index contributed by atoms with van der Waals surface area (Å²) in [6.07, 6.45) is 2.02. The van der Waals surface area contributed by atoms with Gasteiger partial charge in [0.2, 0.25) is 0 Å². The Balaban J connectivity index is 2.36. The number of nitrogens with zero attached hydrogens (tertiary/aromatic N) is 1. The van der Waals surface area contributed by atoms with Crippen molar-refractivity contribution in [3.63, 3.8) is 0 Å². The van der Waals surface area contributed by atoms with Gasteiger partial charge in [-0.15, -0.1) is 0 Å². The number of fused-ring (bicyclic) bond motifs is 2. The summed E-state index contributed by atoms with van der Waals surface area (Å²) in [5, 5.41) is 8.11. The molecule has 2 aliphatic heterocycles. The van der Waals surface area contributed by atoms with E-state index in [0.29, 0.717) is 25.7 Å². The molecule has 0 spiro atoms. The molecular formula is C8H12N2O2S. The fourth-order valence-corrected chi connectivity index (χ4v) is 4.93. The molecule has 13 heavy (non-hydrogen) atoms. The summed E-state index contributed by atoms with van der Waals surface area (Å²) < 4.78 is 23.2. The zero-order valence-electron chi connectivity index (χ0n) is 7.23. The van der Waals surface area contributed by atoms with Crippen molar-refractivity contribution in [2.24, 2.45) is 5.73 Å². The van der Waals surface area contributed by atoms with Gasteiger partial charge in [0.15, 0.2) is 9.84 Å². The van der Waals surface area contributed by atoms with Gasteiger partial charge in [0.1, 0.15) is 5.54 Å². The Morgan fingerprint density at radius 3 is 2.15 bits per heavy atom. The largest absolute Gasteiger partial charge is 0.313 e. The zero-order valence-corrected chi connectivity index (χ0v) is 8.05. The molecule has 2 heterocycles. The van der Waals surface area contributed by atoms with Crippen LogP contribution in [0.25, 0.3) is 0 Å². The summed E-state index contributed by atoms with van der Waals surface area (Å²) in [6.45, 7) is 0. The molecule has 2 N–H and O–H groups in total. The van der Waals surface area contributed by atoms with Gasteiger partial charge in [-0.2, -0.15) is 5.26 Å². The van der Waals surface area contributed by atoms with Gasteiger partial charge >= 0.3 is 0 Å². The predicted octanol–water partition coefficient (Wildman–Crippen LogP) is -0.0529. The Hall–Kier alpha value is -0.600. The van der Waals surface area contributed by atoms with E-state index < -0.39 is 15.4 Å². The molecule has 2 rings (SSSR count). The second kappa shape index (κ2) is 2.46. The van der Waals surface area contributed by atoms with Gasteiger partial charge in [-0.25, -0.2) is 8.42 Å². The van der Waals surface area contributed by atoms with Gasteiger partial charge in [0.25, 0.3) is 0 Å². The fraction of sp³-hybridized carbons (Fsp3) is 0.875. The molecule has 0 amide bonds. The molecule has 0 aliphatic carbocycles. The monoisotopic (exact) mass is 200 g/mol. The quantitative estimate of drug-likeness (QED) is 0.594. The van der Waals surface area contributed by atoms with Crippen LogP contribution in [0.2, 0.25) is 0 Å². The average molecular weight is 200 g/mol. The van der Waals surface area contributed by atoms with Crippen LogP contribution in [0, 0.1) is 11.3 Å². The van der Waals surface area contributed by atoms with E-state index in [9.17, 15) is 8.42 Å². The first kappa shape index (κ1) is 8.97. The normalized spacial score (nSPS) is 47.1. The van der Waals surface area contributed by atoms with Crippen molar-refractivity contribution in [3.8, 4) is 6.07 Å². The van der Waals surface area contributed by atoms with Crippen LogP contribution >= 0.6 is 0 Å². The van der Waals surface area contributed by atoms with Gasteiger partial charge in [-0.3, -0.25) is 0 Å². The fourth-order valence-electron chi connectivity index (χ4n) is 2.40. The van der Waals surface area contributed by atoms with E-state index in [2.05, 4.69) is 0 Å². The lowest BCUT2D eigenvalue weighted by molar-refractivity contribution is 0.435. The van der Waals surface area contributed by atoms with Crippen LogP contribution in [0.3, 0.4) is 0 Å². The standard InChI is InChI=1S/C8H12N2O2S/c9-5-8(10)3-6-1-2-7(4-8)13(6,11)12/h6-7H,1-4,10H2. The summed E-state index contributed by atoms with van der Waals surface area (Å²) in [7, 11) is -2.94. The van der Waals surface area contributed by atoms with E-state index in [1.54, 1.807) is 0 Å². The highest BCUT2D eigenvalue weighted by Crippen LogP contribution is 2.41. The van der Waals surface area contributed by atoms with E-state index in [0.717, 1.165) is 0 Å². The Morgan fingerprint density at radius 1 is 1.31 bits per heavy atom. The maximum absolute atomic E-state index is 11.6. The number of hydrogen-bond donors (Lipinski definition) is 1. The molecule has 0 saturated carbocycles. The summed E-state index contributed by atoms with van der Waals surface area (Å²) in [5.74, 6) is 0. The summed E-state index contributed by atoms with van der Waals surface area (Å²) in [4.78, 5) is 0. The molecule has 0 radical (unpaired) electrons. The third kappa shape index (κ3) is 1.17. The van der Waals surface area contributed by atoms with Crippen molar-refractivity contribution in [1.29, 1.82) is 5.26 Å². The Morgan fingerprint density at radius 2 is 1.77 bits per heavy atom. The first-order chi connectivity index (χ1) is 5.98. The van der Waals surface area contributed by atoms with Crippen molar-refractivity contribution < 1.29 is 8.42 Å². The highest BCUT2D eigenvalue weighted by atomic mass is 32.2. The van der Waals surface area contributed by atoms with E-state index in [-0.39, 0.29) is 10.5 Å². The van der Waals surface area contributed by atoms with Crippen LogP contribution in [-0.4, -0.2) is 24.5 Å². The maximum atomic E-state index is 11.6. The first-order valence-corrected chi connectivity index (χ1v) is 6.02. The van der Waals surface area contributed by atoms with E-state index in [1.807, 2.05) is 6.07 Å². The molecule has 2 fully saturated rings. The van der Waals surface area contributed by atoms with Gasteiger partial charge < -0.3 is 5.73 Å². The average Bonchev–Trinajstić information content (AvgIpc) is 2.26. The number of rotatable bonds is 0. The molecule has 4 nitrogen and oxygen atoms in total. The molecule has 5 heteroatoms. The second-order valence-corrected chi connectivity index (χ2v) is 6.60. The van der Waals surface area contributed by atoms with Gasteiger partial charge in [0, 0.05) is 0 Å². The molecule has 0 aromatic rings. The minimum absolute atomic E-state index is 0.322. The van der Waals surface area contributed by atoms with E-state index in [1.165, 1.54) is 0 Å². The minimum atomic E-state index is -2.94. The first-order valence-electron chi connectivity index (χ1n) is 4.41. The van der Waals surface area contributed by atoms with E-state index >= 15 is 0 Å². The van der Waals surface area contributed by atoms with Crippen LogP contribution in [0.1, 0.15) is 25.7 Å². The summed E-state index contributed by atoms with van der Waals surface area (Å²) in [6, 6.07) is 2.03. The number of sulfone groups is 1. The third-order valence-corrected chi connectivity index (χ3v) is 5.81. The Kier molecular flexibility index (Phi) is 1.70. The van der Waals surface area contributed by atoms with Crippen LogP contribution in [0.4, 0.5) is 0 Å². The Bertz CT molecular complexity index is 348. The van der Waals surface area contributed by atoms with Crippen LogP contribution in [0.15, 0.2) is 0 Å². The van der Waals surface area contributed by atoms with E-state index in [4.69, 9.17) is 11.0 Å². The summed E-state index contributed by atoms with van der Waals surface area (Å²) >= 11 is 0. The molecule has 72 valence electrons. The van der Waals surface area contributed by atoms with Crippen molar-refractivity contribution >= 4 is 9.84 Å². The minimum Gasteiger partial charge on any atom is -0.313 e. The van der Waals surface area contributed by atoms with Crippen molar-refractivity contribution in [1.82, 2.24) is 0 Å². The molecular weight excluding hydrogens is 188 g/mol. The number of nitrogens with two attached hydrogens (primary N) is 1. The van der Waals surface area contributed by atoms with Gasteiger partial charge in [-0.1, -0.05) is 0 Å². The number of hydrogen-bond acceptors (Lipinski definition) is 4. The maximum Gasteiger partial charge on any atom is 0.156 e. The van der Waals surface area contributed by atoms with Crippen LogP contribution < -0.4 is 5.73 Å². The second-order valence-electron chi connectivity index (χ2n) is 4.09. The molecule has 2 unspecified atom stereocenters. The zero-order chi connectivity index (χ0) is 9.69. The lowest BCUT2D eigenvalue weighted by Gasteiger charge is -2.31. The lowest BCUT2D eigenvalue weighted by atomic mass is 9.93. The molecule has 2 saturated heterocycles. The van der Waals surface area contributed by atoms with Crippen molar-refractivity contribution in [2.45, 2.75) is 41.7 Å². The lowest BCUT2D eigenvalue weighted by Crippen LogP contribution is -2.50. The Labute approximate surface area is 77.6 Å². The smallest absolute Gasteiger partial charge is 0.156 e. The van der Waals surface area contributed by atoms with Gasteiger partial charge in [-0.05, 0) is 25.7 Å².